The first-order valence-electron chi connectivity index (χ1n) is 19.8. The number of nitrogens with zero attached hydrogens (tertiary/aromatic N) is 2. The highest BCUT2D eigenvalue weighted by Gasteiger charge is 2.58. The average molecular weight is 805 g/mol. The van der Waals surface area contributed by atoms with Crippen LogP contribution in [-0.2, 0) is 33.2 Å². The number of hydrogen-bond acceptors (Lipinski definition) is 15. The highest BCUT2D eigenvalue weighted by Crippen LogP contribution is 2.42. The molecule has 324 valence electrons. The van der Waals surface area contributed by atoms with Gasteiger partial charge in [0.25, 0.3) is 0 Å². The van der Waals surface area contributed by atoms with Gasteiger partial charge in [-0.25, -0.2) is 9.18 Å². The number of alkyl halides is 1. The van der Waals surface area contributed by atoms with Gasteiger partial charge in [0.05, 0.1) is 41.3 Å². The number of cyclic esters (lactones) is 1. The number of ether oxygens (including phenoxy) is 6. The van der Waals surface area contributed by atoms with Crippen molar-refractivity contribution >= 4 is 11.7 Å². The fourth-order valence-electron chi connectivity index (χ4n) is 8.94. The Hall–Kier alpha value is -2.01. The van der Waals surface area contributed by atoms with Crippen LogP contribution in [0.15, 0.2) is 5.16 Å². The van der Waals surface area contributed by atoms with Gasteiger partial charge in [0.2, 0.25) is 5.67 Å². The molecule has 6 N–H and O–H groups in total. The van der Waals surface area contributed by atoms with Crippen molar-refractivity contribution in [1.29, 1.82) is 0 Å². The number of carbonyl (C=O) groups is 1. The summed E-state index contributed by atoms with van der Waals surface area (Å²) in [6.45, 7) is 15.4. The molecule has 3 aliphatic heterocycles. The van der Waals surface area contributed by atoms with E-state index >= 15 is 4.39 Å². The van der Waals surface area contributed by atoms with Crippen molar-refractivity contribution in [2.24, 2.45) is 22.9 Å². The van der Waals surface area contributed by atoms with Crippen molar-refractivity contribution < 1.29 is 68.3 Å². The Balaban J connectivity index is 2.26. The van der Waals surface area contributed by atoms with E-state index in [0.29, 0.717) is 19.4 Å². The molecule has 0 saturated carbocycles. The molecule has 0 amide bonds. The van der Waals surface area contributed by atoms with Gasteiger partial charge < -0.3 is 59.2 Å². The fraction of sp³-hybridized carbons (Fsp3) is 0.900. The lowest BCUT2D eigenvalue weighted by Gasteiger charge is -2.50. The third kappa shape index (κ3) is 10.2. The largest absolute Gasteiger partial charge is 0.457 e. The summed E-state index contributed by atoms with van der Waals surface area (Å²) in [6, 6.07) is -0.479. The molecule has 0 bridgehead atoms. The molecule has 0 spiro atoms. The Kier molecular flexibility index (Phi) is 16.3. The summed E-state index contributed by atoms with van der Waals surface area (Å²) >= 11 is 0. The first-order chi connectivity index (χ1) is 25.8. The Bertz CT molecular complexity index is 1380. The van der Waals surface area contributed by atoms with Crippen LogP contribution in [0.4, 0.5) is 4.39 Å². The Morgan fingerprint density at radius 2 is 1.62 bits per heavy atom. The monoisotopic (exact) mass is 804 g/mol. The van der Waals surface area contributed by atoms with Gasteiger partial charge in [-0.15, -0.1) is 12.3 Å². The molecule has 3 aliphatic rings. The number of aliphatic hydroxyl groups excluding tert-OH is 3. The van der Waals surface area contributed by atoms with Crippen LogP contribution >= 0.6 is 0 Å². The molecule has 56 heavy (non-hydrogen) atoms. The second kappa shape index (κ2) is 18.9. The smallest absolute Gasteiger partial charge is 0.346 e. The minimum Gasteiger partial charge on any atom is -0.457 e. The summed E-state index contributed by atoms with van der Waals surface area (Å²) in [6.07, 6.45) is -6.70. The predicted molar refractivity (Wildman–Crippen MR) is 203 cm³/mol. The second-order valence-electron chi connectivity index (χ2n) is 17.3. The van der Waals surface area contributed by atoms with Gasteiger partial charge >= 0.3 is 5.97 Å². The number of carbonyl (C=O) groups excluding carboxylic acids is 1. The summed E-state index contributed by atoms with van der Waals surface area (Å²) in [5.41, 5.74) is -8.37. The zero-order valence-electron chi connectivity index (χ0n) is 35.2. The zero-order valence-corrected chi connectivity index (χ0v) is 35.2. The molecule has 2 unspecified atom stereocenters. The van der Waals surface area contributed by atoms with E-state index in [1.54, 1.807) is 34.6 Å². The molecule has 15 nitrogen and oxygen atoms in total. The number of halogens is 1. The van der Waals surface area contributed by atoms with E-state index in [9.17, 15) is 35.5 Å². The van der Waals surface area contributed by atoms with Crippen LogP contribution in [0.2, 0.25) is 0 Å². The number of oxime groups is 1. The quantitative estimate of drug-likeness (QED) is 0.0857. The topological polar surface area (TPSA) is 209 Å². The van der Waals surface area contributed by atoms with Crippen LogP contribution in [-0.4, -0.2) is 158 Å². The Labute approximate surface area is 331 Å². The van der Waals surface area contributed by atoms with E-state index in [4.69, 9.17) is 34.8 Å². The molecule has 0 radical (unpaired) electrons. The molecule has 0 aromatic heterocycles. The molecule has 0 aromatic carbocycles. The molecule has 3 saturated heterocycles. The summed E-state index contributed by atoms with van der Waals surface area (Å²) < 4.78 is 54.2. The lowest BCUT2D eigenvalue weighted by molar-refractivity contribution is -0.323. The second-order valence-corrected chi connectivity index (χ2v) is 17.3. The average Bonchev–Trinajstić information content (AvgIpc) is 3.12. The number of likely N-dealkylation sites (N-methyl/N-ethyl adjacent to an activating group) is 1. The van der Waals surface area contributed by atoms with E-state index in [-0.39, 0.29) is 25.0 Å². The lowest BCUT2D eigenvalue weighted by atomic mass is 9.73. The van der Waals surface area contributed by atoms with Crippen LogP contribution < -0.4 is 0 Å². The Morgan fingerprint density at radius 1 is 1.00 bits per heavy atom. The van der Waals surface area contributed by atoms with Gasteiger partial charge in [0.15, 0.2) is 12.6 Å². The van der Waals surface area contributed by atoms with Gasteiger partial charge in [-0.2, -0.15) is 0 Å². The zero-order chi connectivity index (χ0) is 42.7. The minimum absolute atomic E-state index is 0.0191. The number of terminal acetylenes is 1. The highest BCUT2D eigenvalue weighted by molar-refractivity contribution is 5.88. The van der Waals surface area contributed by atoms with Crippen molar-refractivity contribution in [3.63, 3.8) is 0 Å². The number of rotatable bonds is 9. The number of aliphatic hydroxyl groups is 5. The molecule has 18 atom stereocenters. The highest BCUT2D eigenvalue weighted by atomic mass is 19.1. The normalized spacial score (nSPS) is 48.2. The van der Waals surface area contributed by atoms with E-state index in [2.05, 4.69) is 11.1 Å². The summed E-state index contributed by atoms with van der Waals surface area (Å²) in [4.78, 5) is 16.1. The van der Waals surface area contributed by atoms with E-state index in [1.807, 2.05) is 11.9 Å². The first kappa shape index (κ1) is 48.4. The van der Waals surface area contributed by atoms with Crippen LogP contribution in [0, 0.1) is 30.1 Å². The van der Waals surface area contributed by atoms with Crippen molar-refractivity contribution in [2.75, 3.05) is 20.7 Å². The maximum absolute atomic E-state index is 17.7. The fourth-order valence-corrected chi connectivity index (χ4v) is 8.94. The maximum atomic E-state index is 17.7. The standard InChI is InChI=1S/C40H69FN2O13/c1-14-16-17-43(12)26-18-22(4)52-35(30(26)44)56-33-24(6)34(55-28-20-38(9,51-13)32(46)25(7)53-28)39(10,41)36(47)54-27(15-2)40(11,49)31(45)23(5)29(42-50)21(3)19-37(33,8)48/h1,21-28,30-35,44-46,48-50H,15-20H2,2-13H3/b42-29+/t21-,22-,23+,24-,25+,26+,27-,28?,30-,31-,32+,33-,34+,35?,37-,38-,39+,40-/m1/s1. The van der Waals surface area contributed by atoms with Crippen LogP contribution in [0.5, 0.6) is 0 Å². The first-order valence-corrected chi connectivity index (χ1v) is 19.8. The molecule has 3 fully saturated rings. The molecular weight excluding hydrogens is 735 g/mol. The third-order valence-corrected chi connectivity index (χ3v) is 12.5. The van der Waals surface area contributed by atoms with E-state index in [1.165, 1.54) is 34.8 Å². The van der Waals surface area contributed by atoms with Gasteiger partial charge in [-0.05, 0) is 67.9 Å². The van der Waals surface area contributed by atoms with Crippen molar-refractivity contribution in [2.45, 2.75) is 191 Å². The minimum atomic E-state index is -3.05. The van der Waals surface area contributed by atoms with Gasteiger partial charge in [-0.1, -0.05) is 32.9 Å². The number of esters is 1. The van der Waals surface area contributed by atoms with Gasteiger partial charge in [0.1, 0.15) is 30.0 Å². The van der Waals surface area contributed by atoms with Crippen molar-refractivity contribution in [3.8, 4) is 12.3 Å². The summed E-state index contributed by atoms with van der Waals surface area (Å²) in [5, 5.41) is 72.1. The molecular formula is C40H69FN2O13. The summed E-state index contributed by atoms with van der Waals surface area (Å²) in [7, 11) is 3.22. The molecule has 3 rings (SSSR count). The van der Waals surface area contributed by atoms with Crippen molar-refractivity contribution in [1.82, 2.24) is 4.90 Å². The van der Waals surface area contributed by atoms with Crippen LogP contribution in [0.3, 0.4) is 0 Å². The van der Waals surface area contributed by atoms with Crippen molar-refractivity contribution in [3.05, 3.63) is 0 Å². The van der Waals surface area contributed by atoms with Gasteiger partial charge in [0, 0.05) is 50.3 Å². The number of methoxy groups -OCH3 is 1. The third-order valence-electron chi connectivity index (χ3n) is 12.5. The van der Waals surface area contributed by atoms with Crippen LogP contribution in [0.25, 0.3) is 0 Å². The SMILES string of the molecule is C#CCCN(C)[C@H]1C[C@@H](C)OC(O[C@@H]2[C@@H](C)[C@H](OC3C[C@@](C)(OC)[C@@H](O)[C@H](C)O3)[C@](C)(F)C(=O)O[C@H](CC)[C@@](C)(O)[C@H](O)[C@@H](C)/C(=N/O)[C@H](C)C[C@@]2(C)O)[C@@H]1O. The molecule has 0 aromatic rings. The van der Waals surface area contributed by atoms with Crippen LogP contribution in [0.1, 0.15) is 101 Å². The Morgan fingerprint density at radius 3 is 2.18 bits per heavy atom. The molecule has 0 aliphatic carbocycles. The lowest BCUT2D eigenvalue weighted by Crippen LogP contribution is -2.63. The number of hydrogen-bond donors (Lipinski definition) is 6. The van der Waals surface area contributed by atoms with E-state index in [0.717, 1.165) is 6.92 Å². The van der Waals surface area contributed by atoms with E-state index < -0.39 is 114 Å². The maximum Gasteiger partial charge on any atom is 0.346 e. The molecule has 16 heteroatoms. The molecule has 3 heterocycles. The summed E-state index contributed by atoms with van der Waals surface area (Å²) in [5.74, 6) is -1.95. The predicted octanol–water partition coefficient (Wildman–Crippen LogP) is 2.53. The van der Waals surface area contributed by atoms with Gasteiger partial charge in [-0.3, -0.25) is 4.90 Å².